The van der Waals surface area contributed by atoms with Crippen molar-refractivity contribution in [2.24, 2.45) is 17.8 Å². The molecule has 1 aliphatic rings. The highest BCUT2D eigenvalue weighted by atomic mass is 19.4. The zero-order valence-electron chi connectivity index (χ0n) is 13.1. The summed E-state index contributed by atoms with van der Waals surface area (Å²) in [6, 6.07) is 0.0217. The molecule has 1 nitrogen and oxygen atoms in total. The minimum atomic E-state index is -4.03. The number of hydrogen-bond acceptors (Lipinski definition) is 1. The third kappa shape index (κ3) is 5.27. The molecule has 0 aliphatic heterocycles. The van der Waals surface area contributed by atoms with Gasteiger partial charge in [0.25, 0.3) is 0 Å². The summed E-state index contributed by atoms with van der Waals surface area (Å²) in [5.41, 5.74) is 0. The monoisotopic (exact) mass is 293 g/mol. The van der Waals surface area contributed by atoms with Gasteiger partial charge in [0.05, 0.1) is 5.92 Å². The van der Waals surface area contributed by atoms with Crippen LogP contribution in [0.3, 0.4) is 0 Å². The number of nitrogens with one attached hydrogen (secondary N) is 1. The zero-order chi connectivity index (χ0) is 15.2. The average Bonchev–Trinajstić information content (AvgIpc) is 2.37. The van der Waals surface area contributed by atoms with Crippen molar-refractivity contribution in [1.82, 2.24) is 5.32 Å². The maximum atomic E-state index is 13.2. The van der Waals surface area contributed by atoms with Crippen LogP contribution in [0.4, 0.5) is 13.2 Å². The number of rotatable bonds is 7. The Morgan fingerprint density at radius 1 is 1.15 bits per heavy atom. The Labute approximate surface area is 121 Å². The highest BCUT2D eigenvalue weighted by molar-refractivity contribution is 4.89. The highest BCUT2D eigenvalue weighted by Crippen LogP contribution is 2.43. The molecular weight excluding hydrogens is 263 g/mol. The van der Waals surface area contributed by atoms with Gasteiger partial charge in [0.15, 0.2) is 0 Å². The second-order valence-corrected chi connectivity index (χ2v) is 6.39. The van der Waals surface area contributed by atoms with Crippen LogP contribution in [-0.4, -0.2) is 18.8 Å². The number of hydrogen-bond donors (Lipinski definition) is 1. The van der Waals surface area contributed by atoms with Gasteiger partial charge in [0, 0.05) is 6.04 Å². The van der Waals surface area contributed by atoms with Gasteiger partial charge in [-0.3, -0.25) is 0 Å². The molecule has 1 N–H and O–H groups in total. The fourth-order valence-corrected chi connectivity index (χ4v) is 3.76. The van der Waals surface area contributed by atoms with Crippen LogP contribution in [-0.2, 0) is 0 Å². The summed E-state index contributed by atoms with van der Waals surface area (Å²) < 4.78 is 39.7. The van der Waals surface area contributed by atoms with Gasteiger partial charge in [-0.15, -0.1) is 0 Å². The van der Waals surface area contributed by atoms with Crippen molar-refractivity contribution >= 4 is 0 Å². The van der Waals surface area contributed by atoms with Gasteiger partial charge in [-0.2, -0.15) is 13.2 Å². The molecule has 0 aromatic carbocycles. The lowest BCUT2D eigenvalue weighted by atomic mass is 9.72. The SMILES string of the molecule is CCCC(C)CC(NCC)C1CCCCC1C(F)(F)F. The van der Waals surface area contributed by atoms with Crippen LogP contribution in [0.1, 0.15) is 65.7 Å². The maximum absolute atomic E-state index is 13.2. The third-order valence-electron chi connectivity index (χ3n) is 4.66. The Bertz CT molecular complexity index is 265. The van der Waals surface area contributed by atoms with Crippen LogP contribution in [0.5, 0.6) is 0 Å². The maximum Gasteiger partial charge on any atom is 0.392 e. The van der Waals surface area contributed by atoms with Crippen LogP contribution in [0.25, 0.3) is 0 Å². The molecular formula is C16H30F3N. The van der Waals surface area contributed by atoms with Crippen molar-refractivity contribution in [3.63, 3.8) is 0 Å². The molecule has 120 valence electrons. The topological polar surface area (TPSA) is 12.0 Å². The molecule has 0 bridgehead atoms. The average molecular weight is 293 g/mol. The van der Waals surface area contributed by atoms with Gasteiger partial charge in [-0.1, -0.05) is 46.5 Å². The number of halogens is 3. The van der Waals surface area contributed by atoms with E-state index in [4.69, 9.17) is 0 Å². The Morgan fingerprint density at radius 3 is 2.35 bits per heavy atom. The van der Waals surface area contributed by atoms with E-state index in [2.05, 4.69) is 19.2 Å². The van der Waals surface area contributed by atoms with E-state index in [-0.39, 0.29) is 12.0 Å². The lowest BCUT2D eigenvalue weighted by Crippen LogP contribution is -2.46. The summed E-state index contributed by atoms with van der Waals surface area (Å²) in [6.45, 7) is 7.05. The molecule has 0 heterocycles. The zero-order valence-corrected chi connectivity index (χ0v) is 13.1. The molecule has 1 rings (SSSR count). The molecule has 4 atom stereocenters. The molecule has 1 fully saturated rings. The van der Waals surface area contributed by atoms with E-state index in [1.807, 2.05) is 6.92 Å². The lowest BCUT2D eigenvalue weighted by Gasteiger charge is -2.39. The van der Waals surface area contributed by atoms with Crippen molar-refractivity contribution in [3.8, 4) is 0 Å². The fraction of sp³-hybridized carbons (Fsp3) is 1.00. The summed E-state index contributed by atoms with van der Waals surface area (Å²) in [5.74, 6) is -0.836. The minimum Gasteiger partial charge on any atom is -0.314 e. The standard InChI is InChI=1S/C16H30F3N/c1-4-8-12(3)11-15(20-5-2)13-9-6-7-10-14(13)16(17,18)19/h12-15,20H,4-11H2,1-3H3. The molecule has 1 saturated carbocycles. The Morgan fingerprint density at radius 2 is 1.80 bits per heavy atom. The fourth-order valence-electron chi connectivity index (χ4n) is 3.76. The van der Waals surface area contributed by atoms with E-state index in [1.165, 1.54) is 0 Å². The molecule has 0 spiro atoms. The molecule has 0 amide bonds. The summed E-state index contributed by atoms with van der Waals surface area (Å²) in [6.07, 6.45) is 1.76. The first-order valence-corrected chi connectivity index (χ1v) is 8.20. The molecule has 0 aromatic heterocycles. The van der Waals surface area contributed by atoms with E-state index in [9.17, 15) is 13.2 Å². The first-order valence-electron chi connectivity index (χ1n) is 8.20. The summed E-state index contributed by atoms with van der Waals surface area (Å²) >= 11 is 0. The normalized spacial score (nSPS) is 27.3. The van der Waals surface area contributed by atoms with Crippen molar-refractivity contribution in [2.75, 3.05) is 6.54 Å². The second kappa shape index (κ2) is 8.26. The van der Waals surface area contributed by atoms with E-state index >= 15 is 0 Å². The van der Waals surface area contributed by atoms with Crippen LogP contribution >= 0.6 is 0 Å². The van der Waals surface area contributed by atoms with E-state index in [0.29, 0.717) is 12.3 Å². The minimum absolute atomic E-state index is 0.0217. The van der Waals surface area contributed by atoms with Gasteiger partial charge in [-0.25, -0.2) is 0 Å². The predicted molar refractivity (Wildman–Crippen MR) is 77.7 cm³/mol. The van der Waals surface area contributed by atoms with Crippen molar-refractivity contribution in [1.29, 1.82) is 0 Å². The van der Waals surface area contributed by atoms with Crippen molar-refractivity contribution in [2.45, 2.75) is 77.9 Å². The summed E-state index contributed by atoms with van der Waals surface area (Å²) in [7, 11) is 0. The molecule has 4 heteroatoms. The lowest BCUT2D eigenvalue weighted by molar-refractivity contribution is -0.199. The van der Waals surface area contributed by atoms with Gasteiger partial charge in [0.1, 0.15) is 0 Å². The third-order valence-corrected chi connectivity index (χ3v) is 4.66. The summed E-state index contributed by atoms with van der Waals surface area (Å²) in [4.78, 5) is 0. The molecule has 1 aliphatic carbocycles. The van der Waals surface area contributed by atoms with E-state index in [0.717, 1.165) is 45.1 Å². The predicted octanol–water partition coefficient (Wildman–Crippen LogP) is 5.16. The van der Waals surface area contributed by atoms with Crippen molar-refractivity contribution < 1.29 is 13.2 Å². The molecule has 0 aromatic rings. The molecule has 20 heavy (non-hydrogen) atoms. The van der Waals surface area contributed by atoms with Gasteiger partial charge < -0.3 is 5.32 Å². The van der Waals surface area contributed by atoms with E-state index < -0.39 is 12.1 Å². The van der Waals surface area contributed by atoms with Gasteiger partial charge in [0.2, 0.25) is 0 Å². The largest absolute Gasteiger partial charge is 0.392 e. The van der Waals surface area contributed by atoms with Gasteiger partial charge >= 0.3 is 6.18 Å². The second-order valence-electron chi connectivity index (χ2n) is 6.39. The highest BCUT2D eigenvalue weighted by Gasteiger charge is 2.47. The van der Waals surface area contributed by atoms with Crippen LogP contribution in [0.2, 0.25) is 0 Å². The van der Waals surface area contributed by atoms with Crippen LogP contribution < -0.4 is 5.32 Å². The van der Waals surface area contributed by atoms with Crippen molar-refractivity contribution in [3.05, 3.63) is 0 Å². The summed E-state index contributed by atoms with van der Waals surface area (Å²) in [5, 5.41) is 3.34. The quantitative estimate of drug-likeness (QED) is 0.683. The first-order chi connectivity index (χ1) is 9.40. The first kappa shape index (κ1) is 17.8. The van der Waals surface area contributed by atoms with E-state index in [1.54, 1.807) is 0 Å². The Kier molecular flexibility index (Phi) is 7.35. The molecule has 0 saturated heterocycles. The van der Waals surface area contributed by atoms with Crippen LogP contribution in [0, 0.1) is 17.8 Å². The Balaban J connectivity index is 2.75. The number of alkyl halides is 3. The molecule has 0 radical (unpaired) electrons. The molecule has 4 unspecified atom stereocenters. The smallest absolute Gasteiger partial charge is 0.314 e. The Hall–Kier alpha value is -0.250. The van der Waals surface area contributed by atoms with Crippen LogP contribution in [0.15, 0.2) is 0 Å². The van der Waals surface area contributed by atoms with Gasteiger partial charge in [-0.05, 0) is 37.6 Å².